The van der Waals surface area contributed by atoms with E-state index in [1.54, 1.807) is 0 Å². The molecule has 0 spiro atoms. The van der Waals surface area contributed by atoms with Crippen molar-refractivity contribution in [2.75, 3.05) is 24.5 Å². The molecule has 3 heterocycles. The SMILES string of the molecule is c1ccc2c(c1)C[C@@H](CNCc1cc3ccccc3nc1N1CCCCC1)O2. The highest BCUT2D eigenvalue weighted by molar-refractivity contribution is 5.81. The average Bonchev–Trinajstić information content (AvgIpc) is 3.17. The monoisotopic (exact) mass is 373 g/mol. The maximum atomic E-state index is 6.07. The van der Waals surface area contributed by atoms with Crippen molar-refractivity contribution in [1.29, 1.82) is 0 Å². The molecule has 0 bridgehead atoms. The Kier molecular flexibility index (Phi) is 4.88. The highest BCUT2D eigenvalue weighted by Gasteiger charge is 2.22. The number of nitrogens with one attached hydrogen (secondary N) is 1. The van der Waals surface area contributed by atoms with E-state index in [0.717, 1.165) is 49.7 Å². The minimum atomic E-state index is 0.212. The number of rotatable bonds is 5. The van der Waals surface area contributed by atoms with Gasteiger partial charge >= 0.3 is 0 Å². The number of hydrogen-bond donors (Lipinski definition) is 1. The van der Waals surface area contributed by atoms with Crippen LogP contribution in [-0.4, -0.2) is 30.7 Å². The van der Waals surface area contributed by atoms with Gasteiger partial charge in [-0.25, -0.2) is 4.98 Å². The average molecular weight is 374 g/mol. The van der Waals surface area contributed by atoms with Crippen LogP contribution in [0.3, 0.4) is 0 Å². The molecule has 28 heavy (non-hydrogen) atoms. The van der Waals surface area contributed by atoms with Crippen molar-refractivity contribution in [3.63, 3.8) is 0 Å². The zero-order chi connectivity index (χ0) is 18.8. The van der Waals surface area contributed by atoms with Crippen LogP contribution in [0.1, 0.15) is 30.4 Å². The topological polar surface area (TPSA) is 37.4 Å². The Labute approximate surface area is 166 Å². The van der Waals surface area contributed by atoms with E-state index in [0.29, 0.717) is 0 Å². The molecule has 0 unspecified atom stereocenters. The molecule has 4 nitrogen and oxygen atoms in total. The van der Waals surface area contributed by atoms with Crippen molar-refractivity contribution < 1.29 is 4.74 Å². The lowest BCUT2D eigenvalue weighted by Gasteiger charge is -2.30. The molecule has 0 aliphatic carbocycles. The Hall–Kier alpha value is -2.59. The number of ether oxygens (including phenoxy) is 1. The first-order valence-corrected chi connectivity index (χ1v) is 10.5. The van der Waals surface area contributed by atoms with Crippen LogP contribution in [0.2, 0.25) is 0 Å². The zero-order valence-electron chi connectivity index (χ0n) is 16.2. The van der Waals surface area contributed by atoms with Gasteiger partial charge in [-0.1, -0.05) is 36.4 Å². The van der Waals surface area contributed by atoms with Gasteiger partial charge in [-0.2, -0.15) is 0 Å². The molecular formula is C24H27N3O. The zero-order valence-corrected chi connectivity index (χ0v) is 16.2. The van der Waals surface area contributed by atoms with Crippen molar-refractivity contribution in [2.24, 2.45) is 0 Å². The highest BCUT2D eigenvalue weighted by Crippen LogP contribution is 2.29. The second kappa shape index (κ2) is 7.80. The number of fused-ring (bicyclic) bond motifs is 2. The smallest absolute Gasteiger partial charge is 0.133 e. The number of aromatic nitrogens is 1. The molecule has 1 saturated heterocycles. The molecule has 1 N–H and O–H groups in total. The fourth-order valence-corrected chi connectivity index (χ4v) is 4.39. The summed E-state index contributed by atoms with van der Waals surface area (Å²) in [6, 6.07) is 19.1. The molecule has 2 aromatic carbocycles. The van der Waals surface area contributed by atoms with Crippen LogP contribution in [-0.2, 0) is 13.0 Å². The molecule has 2 aliphatic rings. The van der Waals surface area contributed by atoms with Gasteiger partial charge in [0.1, 0.15) is 17.7 Å². The summed E-state index contributed by atoms with van der Waals surface area (Å²) in [5.41, 5.74) is 3.69. The van der Waals surface area contributed by atoms with Gasteiger partial charge in [-0.05, 0) is 43.0 Å². The van der Waals surface area contributed by atoms with Gasteiger partial charge in [0.15, 0.2) is 0 Å². The molecule has 0 saturated carbocycles. The van der Waals surface area contributed by atoms with E-state index in [-0.39, 0.29) is 6.10 Å². The summed E-state index contributed by atoms with van der Waals surface area (Å²) >= 11 is 0. The Balaban J connectivity index is 1.31. The first-order chi connectivity index (χ1) is 13.9. The molecular weight excluding hydrogens is 346 g/mol. The molecule has 2 aliphatic heterocycles. The number of anilines is 1. The minimum Gasteiger partial charge on any atom is -0.488 e. The van der Waals surface area contributed by atoms with Gasteiger partial charge in [0.25, 0.3) is 0 Å². The van der Waals surface area contributed by atoms with E-state index < -0.39 is 0 Å². The summed E-state index contributed by atoms with van der Waals surface area (Å²) < 4.78 is 6.07. The summed E-state index contributed by atoms with van der Waals surface area (Å²) in [5.74, 6) is 2.19. The van der Waals surface area contributed by atoms with Gasteiger partial charge in [-0.3, -0.25) is 0 Å². The lowest BCUT2D eigenvalue weighted by molar-refractivity contribution is 0.227. The summed E-state index contributed by atoms with van der Waals surface area (Å²) in [5, 5.41) is 4.84. The maximum absolute atomic E-state index is 6.07. The molecule has 1 fully saturated rings. The third kappa shape index (κ3) is 3.57. The fourth-order valence-electron chi connectivity index (χ4n) is 4.39. The van der Waals surface area contributed by atoms with Crippen molar-refractivity contribution in [3.05, 3.63) is 65.7 Å². The number of para-hydroxylation sites is 2. The molecule has 0 radical (unpaired) electrons. The number of nitrogens with zero attached hydrogens (tertiary/aromatic N) is 2. The first-order valence-electron chi connectivity index (χ1n) is 10.5. The van der Waals surface area contributed by atoms with Gasteiger partial charge in [0.05, 0.1) is 5.52 Å². The van der Waals surface area contributed by atoms with E-state index in [2.05, 4.69) is 58.7 Å². The van der Waals surface area contributed by atoms with E-state index in [9.17, 15) is 0 Å². The number of piperidine rings is 1. The molecule has 5 rings (SSSR count). The maximum Gasteiger partial charge on any atom is 0.133 e. The van der Waals surface area contributed by atoms with Crippen LogP contribution in [0.25, 0.3) is 10.9 Å². The molecule has 1 aromatic heterocycles. The highest BCUT2D eigenvalue weighted by atomic mass is 16.5. The lowest BCUT2D eigenvalue weighted by Crippen LogP contribution is -2.33. The predicted molar refractivity (Wildman–Crippen MR) is 114 cm³/mol. The second-order valence-corrected chi connectivity index (χ2v) is 7.89. The van der Waals surface area contributed by atoms with Gasteiger partial charge in [0, 0.05) is 43.5 Å². The van der Waals surface area contributed by atoms with Crippen LogP contribution in [0, 0.1) is 0 Å². The van der Waals surface area contributed by atoms with E-state index in [1.165, 1.54) is 35.8 Å². The first kappa shape index (κ1) is 17.5. The van der Waals surface area contributed by atoms with Gasteiger partial charge < -0.3 is 15.0 Å². The van der Waals surface area contributed by atoms with Crippen LogP contribution < -0.4 is 15.0 Å². The molecule has 3 aromatic rings. The van der Waals surface area contributed by atoms with E-state index in [4.69, 9.17) is 9.72 Å². The Morgan fingerprint density at radius 2 is 1.82 bits per heavy atom. The van der Waals surface area contributed by atoms with E-state index >= 15 is 0 Å². The summed E-state index contributed by atoms with van der Waals surface area (Å²) in [6.45, 7) is 3.89. The Morgan fingerprint density at radius 3 is 2.71 bits per heavy atom. The summed E-state index contributed by atoms with van der Waals surface area (Å²) in [7, 11) is 0. The standard InChI is InChI=1S/C24H27N3O/c1-6-12-27(13-7-1)24-20(14-18-8-2-4-10-22(18)26-24)16-25-17-21-15-19-9-3-5-11-23(19)28-21/h2-5,8-11,14,21,25H,1,6-7,12-13,15-17H2/t21-/m0/s1. The van der Waals surface area contributed by atoms with Crippen molar-refractivity contribution in [2.45, 2.75) is 38.3 Å². The number of pyridine rings is 1. The summed E-state index contributed by atoms with van der Waals surface area (Å²) in [6.07, 6.45) is 5.05. The van der Waals surface area contributed by atoms with Crippen LogP contribution in [0.15, 0.2) is 54.6 Å². The van der Waals surface area contributed by atoms with Crippen LogP contribution in [0.4, 0.5) is 5.82 Å². The third-order valence-corrected chi connectivity index (χ3v) is 5.84. The van der Waals surface area contributed by atoms with Crippen molar-refractivity contribution in [1.82, 2.24) is 10.3 Å². The molecule has 144 valence electrons. The predicted octanol–water partition coefficient (Wildman–Crippen LogP) is 4.32. The normalized spacial score (nSPS) is 18.9. The lowest BCUT2D eigenvalue weighted by atomic mass is 10.1. The second-order valence-electron chi connectivity index (χ2n) is 7.89. The number of benzene rings is 2. The van der Waals surface area contributed by atoms with Crippen molar-refractivity contribution >= 4 is 16.7 Å². The van der Waals surface area contributed by atoms with E-state index in [1.807, 2.05) is 6.07 Å². The fraction of sp³-hybridized carbons (Fsp3) is 0.375. The molecule has 4 heteroatoms. The Morgan fingerprint density at radius 1 is 1.00 bits per heavy atom. The quantitative estimate of drug-likeness (QED) is 0.723. The Bertz CT molecular complexity index is 940. The minimum absolute atomic E-state index is 0.212. The van der Waals surface area contributed by atoms with Gasteiger partial charge in [-0.15, -0.1) is 0 Å². The van der Waals surface area contributed by atoms with Crippen LogP contribution >= 0.6 is 0 Å². The van der Waals surface area contributed by atoms with Gasteiger partial charge in [0.2, 0.25) is 0 Å². The van der Waals surface area contributed by atoms with Crippen molar-refractivity contribution in [3.8, 4) is 5.75 Å². The largest absolute Gasteiger partial charge is 0.488 e. The van der Waals surface area contributed by atoms with Crippen LogP contribution in [0.5, 0.6) is 5.75 Å². The number of hydrogen-bond acceptors (Lipinski definition) is 4. The summed E-state index contributed by atoms with van der Waals surface area (Å²) in [4.78, 5) is 7.50. The third-order valence-electron chi connectivity index (χ3n) is 5.84. The molecule has 1 atom stereocenters. The molecule has 0 amide bonds.